The van der Waals surface area contributed by atoms with Crippen LogP contribution in [0.3, 0.4) is 0 Å². The van der Waals surface area contributed by atoms with Crippen molar-refractivity contribution >= 4 is 28.6 Å². The first kappa shape index (κ1) is 14.0. The van der Waals surface area contributed by atoms with Gasteiger partial charge in [0.1, 0.15) is 11.8 Å². The van der Waals surface area contributed by atoms with E-state index in [0.29, 0.717) is 5.69 Å². The van der Waals surface area contributed by atoms with Gasteiger partial charge in [0.2, 0.25) is 0 Å². The monoisotopic (exact) mass is 370 g/mol. The lowest BCUT2D eigenvalue weighted by Crippen LogP contribution is -2.12. The predicted molar refractivity (Wildman–Crippen MR) is 80.9 cm³/mol. The van der Waals surface area contributed by atoms with Gasteiger partial charge in [0, 0.05) is 9.77 Å². The summed E-state index contributed by atoms with van der Waals surface area (Å²) < 4.78 is 6.72. The molecule has 0 bridgehead atoms. The Morgan fingerprint density at radius 3 is 2.84 bits per heavy atom. The van der Waals surface area contributed by atoms with E-state index in [4.69, 9.17) is 4.74 Å². The number of hydrogen-bond acceptors (Lipinski definition) is 3. The fraction of sp³-hybridized carbons (Fsp3) is 0.286. The van der Waals surface area contributed by atoms with Gasteiger partial charge in [-0.3, -0.25) is 5.10 Å². The molecule has 0 amide bonds. The molecule has 1 N–H and O–H groups in total. The van der Waals surface area contributed by atoms with E-state index in [1.807, 2.05) is 19.1 Å². The van der Waals surface area contributed by atoms with Crippen LogP contribution < -0.4 is 0 Å². The van der Waals surface area contributed by atoms with Crippen LogP contribution in [-0.4, -0.2) is 16.2 Å². The van der Waals surface area contributed by atoms with Gasteiger partial charge < -0.3 is 4.74 Å². The van der Waals surface area contributed by atoms with Gasteiger partial charge in [-0.05, 0) is 59.2 Å². The van der Waals surface area contributed by atoms with Crippen molar-refractivity contribution < 1.29 is 9.53 Å². The fourth-order valence-electron chi connectivity index (χ4n) is 1.82. The smallest absolute Gasteiger partial charge is 0.356 e. The Morgan fingerprint density at radius 1 is 1.47 bits per heavy atom. The number of aromatic amines is 1. The van der Waals surface area contributed by atoms with E-state index in [-0.39, 0.29) is 12.1 Å². The summed E-state index contributed by atoms with van der Waals surface area (Å²) in [5, 5.41) is 6.36. The van der Waals surface area contributed by atoms with Gasteiger partial charge in [-0.15, -0.1) is 0 Å². The normalized spacial score (nSPS) is 12.2. The van der Waals surface area contributed by atoms with Crippen molar-refractivity contribution in [2.24, 2.45) is 0 Å². The van der Waals surface area contributed by atoms with Crippen LogP contribution in [0.1, 0.15) is 41.1 Å². The molecule has 2 rings (SSSR count). The quantitative estimate of drug-likeness (QED) is 0.661. The molecule has 0 aliphatic heterocycles. The van der Waals surface area contributed by atoms with Gasteiger partial charge in [0.25, 0.3) is 0 Å². The molecular formula is C14H15IN2O2. The van der Waals surface area contributed by atoms with Crippen LogP contribution in [0.2, 0.25) is 0 Å². The Kier molecular flexibility index (Phi) is 4.57. The van der Waals surface area contributed by atoms with Crippen molar-refractivity contribution in [2.45, 2.75) is 26.4 Å². The third kappa shape index (κ3) is 3.34. The van der Waals surface area contributed by atoms with Gasteiger partial charge >= 0.3 is 5.97 Å². The van der Waals surface area contributed by atoms with E-state index in [0.717, 1.165) is 12.0 Å². The molecule has 0 radical (unpaired) electrons. The highest BCUT2D eigenvalue weighted by atomic mass is 127. The predicted octanol–water partition coefficient (Wildman–Crippen LogP) is 3.63. The lowest BCUT2D eigenvalue weighted by atomic mass is 10.0. The zero-order valence-electron chi connectivity index (χ0n) is 10.8. The Labute approximate surface area is 125 Å². The third-order valence-electron chi connectivity index (χ3n) is 2.89. The highest BCUT2D eigenvalue weighted by Crippen LogP contribution is 2.25. The summed E-state index contributed by atoms with van der Waals surface area (Å²) in [6, 6.07) is 7.71. The highest BCUT2D eigenvalue weighted by Gasteiger charge is 2.17. The second-order valence-corrected chi connectivity index (χ2v) is 5.44. The Hall–Kier alpha value is -1.37. The summed E-state index contributed by atoms with van der Waals surface area (Å²) in [5.41, 5.74) is 2.59. The molecular weight excluding hydrogens is 355 g/mol. The van der Waals surface area contributed by atoms with Crippen molar-refractivity contribution in [2.75, 3.05) is 0 Å². The molecule has 0 spiro atoms. The first-order valence-corrected chi connectivity index (χ1v) is 7.16. The standard InChI is InChI=1S/C14H15IN2O2/c1-3-13(10-4-5-11(15)9(2)8-10)19-14(18)12-6-7-16-17-12/h4-8,13H,3H2,1-2H3,(H,16,17). The Morgan fingerprint density at radius 2 is 2.26 bits per heavy atom. The number of hydrogen-bond donors (Lipinski definition) is 1. The minimum atomic E-state index is -0.374. The number of aryl methyl sites for hydroxylation is 1. The molecule has 4 nitrogen and oxygen atoms in total. The van der Waals surface area contributed by atoms with Gasteiger partial charge in [-0.2, -0.15) is 5.10 Å². The first-order chi connectivity index (χ1) is 9.11. The number of aromatic nitrogens is 2. The Balaban J connectivity index is 2.16. The average molecular weight is 370 g/mol. The molecule has 19 heavy (non-hydrogen) atoms. The summed E-state index contributed by atoms with van der Waals surface area (Å²) in [6.07, 6.45) is 2.04. The molecule has 1 aromatic carbocycles. The van der Waals surface area contributed by atoms with Gasteiger partial charge in [0.05, 0.1) is 0 Å². The number of esters is 1. The SMILES string of the molecule is CCC(OC(=O)c1ccn[nH]1)c1ccc(I)c(C)c1. The highest BCUT2D eigenvalue weighted by molar-refractivity contribution is 14.1. The van der Waals surface area contributed by atoms with Gasteiger partial charge in [-0.25, -0.2) is 4.79 Å². The maximum atomic E-state index is 11.9. The number of rotatable bonds is 4. The van der Waals surface area contributed by atoms with Crippen molar-refractivity contribution in [1.29, 1.82) is 0 Å². The van der Waals surface area contributed by atoms with Crippen molar-refractivity contribution in [1.82, 2.24) is 10.2 Å². The molecule has 1 heterocycles. The number of carbonyl (C=O) groups is 1. The second-order valence-electron chi connectivity index (χ2n) is 4.28. The minimum Gasteiger partial charge on any atom is -0.453 e. The molecule has 0 saturated carbocycles. The van der Waals surface area contributed by atoms with E-state index in [1.54, 1.807) is 6.07 Å². The summed E-state index contributed by atoms with van der Waals surface area (Å²) in [4.78, 5) is 11.9. The summed E-state index contributed by atoms with van der Waals surface area (Å²) in [7, 11) is 0. The largest absolute Gasteiger partial charge is 0.453 e. The summed E-state index contributed by atoms with van der Waals surface area (Å²) in [6.45, 7) is 4.05. The summed E-state index contributed by atoms with van der Waals surface area (Å²) >= 11 is 2.29. The second kappa shape index (κ2) is 6.18. The zero-order chi connectivity index (χ0) is 13.8. The number of nitrogens with zero attached hydrogens (tertiary/aromatic N) is 1. The van der Waals surface area contributed by atoms with E-state index in [9.17, 15) is 4.79 Å². The van der Waals surface area contributed by atoms with Crippen LogP contribution in [0, 0.1) is 10.5 Å². The van der Waals surface area contributed by atoms with Gasteiger partial charge in [-0.1, -0.05) is 19.1 Å². The molecule has 100 valence electrons. The fourth-order valence-corrected chi connectivity index (χ4v) is 2.15. The molecule has 2 aromatic rings. The molecule has 1 unspecified atom stereocenters. The number of ether oxygens (including phenoxy) is 1. The van der Waals surface area contributed by atoms with E-state index in [2.05, 4.69) is 45.8 Å². The Bertz CT molecular complexity index is 567. The topological polar surface area (TPSA) is 55.0 Å². The van der Waals surface area contributed by atoms with Crippen LogP contribution in [0.4, 0.5) is 0 Å². The van der Waals surface area contributed by atoms with Crippen LogP contribution >= 0.6 is 22.6 Å². The lowest BCUT2D eigenvalue weighted by molar-refractivity contribution is 0.0280. The molecule has 0 saturated heterocycles. The molecule has 1 aromatic heterocycles. The number of benzene rings is 1. The average Bonchev–Trinajstić information content (AvgIpc) is 2.93. The molecule has 0 fully saturated rings. The number of H-pyrrole nitrogens is 1. The zero-order valence-corrected chi connectivity index (χ0v) is 13.0. The summed E-state index contributed by atoms with van der Waals surface area (Å²) in [5.74, 6) is -0.374. The molecule has 1 atom stereocenters. The molecule has 5 heteroatoms. The van der Waals surface area contributed by atoms with E-state index < -0.39 is 0 Å². The number of nitrogens with one attached hydrogen (secondary N) is 1. The van der Waals surface area contributed by atoms with Crippen LogP contribution in [0.15, 0.2) is 30.5 Å². The molecule has 0 aliphatic rings. The minimum absolute atomic E-state index is 0.230. The van der Waals surface area contributed by atoms with Crippen LogP contribution in [-0.2, 0) is 4.74 Å². The number of carbonyl (C=O) groups excluding carboxylic acids is 1. The van der Waals surface area contributed by atoms with Crippen molar-refractivity contribution in [3.05, 3.63) is 50.9 Å². The molecule has 0 aliphatic carbocycles. The maximum Gasteiger partial charge on any atom is 0.356 e. The maximum absolute atomic E-state index is 11.9. The van der Waals surface area contributed by atoms with E-state index in [1.165, 1.54) is 15.3 Å². The van der Waals surface area contributed by atoms with Crippen LogP contribution in [0.25, 0.3) is 0 Å². The van der Waals surface area contributed by atoms with Gasteiger partial charge in [0.15, 0.2) is 0 Å². The van der Waals surface area contributed by atoms with Crippen molar-refractivity contribution in [3.8, 4) is 0 Å². The van der Waals surface area contributed by atoms with Crippen LogP contribution in [0.5, 0.6) is 0 Å². The third-order valence-corrected chi connectivity index (χ3v) is 4.10. The lowest BCUT2D eigenvalue weighted by Gasteiger charge is -2.17. The number of halogens is 1. The van der Waals surface area contributed by atoms with E-state index >= 15 is 0 Å². The van der Waals surface area contributed by atoms with Crippen molar-refractivity contribution in [3.63, 3.8) is 0 Å². The first-order valence-electron chi connectivity index (χ1n) is 6.08.